The first kappa shape index (κ1) is 13.6. The molecule has 0 aromatic carbocycles. The number of rotatable bonds is 2. The van der Waals surface area contributed by atoms with E-state index in [1.54, 1.807) is 0 Å². The fourth-order valence-electron chi connectivity index (χ4n) is 2.62. The molecule has 0 spiro atoms. The van der Waals surface area contributed by atoms with Gasteiger partial charge >= 0.3 is 6.18 Å². The Kier molecular flexibility index (Phi) is 3.54. The fourth-order valence-corrected chi connectivity index (χ4v) is 3.27. The number of aromatic nitrogens is 2. The summed E-state index contributed by atoms with van der Waals surface area (Å²) in [5.41, 5.74) is 0. The maximum absolute atomic E-state index is 12.8. The van der Waals surface area contributed by atoms with E-state index in [9.17, 15) is 13.2 Å². The third-order valence-corrected chi connectivity index (χ3v) is 4.54. The smallest absolute Gasteiger partial charge is 0.339 e. The Morgan fingerprint density at radius 2 is 2.15 bits per heavy atom. The van der Waals surface area contributed by atoms with Gasteiger partial charge in [-0.1, -0.05) is 17.6 Å². The maximum atomic E-state index is 12.8. The summed E-state index contributed by atoms with van der Waals surface area (Å²) < 4.78 is 43.5. The fraction of sp³-hybridized carbons (Fsp3) is 0.538. The summed E-state index contributed by atoms with van der Waals surface area (Å²) in [5.74, 6) is -0.735. The van der Waals surface area contributed by atoms with Crippen LogP contribution in [0, 0.1) is 5.92 Å². The molecule has 7 heteroatoms. The highest BCUT2D eigenvalue weighted by Crippen LogP contribution is 2.43. The van der Waals surface area contributed by atoms with Gasteiger partial charge in [0.2, 0.25) is 11.7 Å². The van der Waals surface area contributed by atoms with Crippen molar-refractivity contribution in [2.75, 3.05) is 0 Å². The minimum Gasteiger partial charge on any atom is -0.339 e. The molecule has 0 saturated heterocycles. The molecule has 0 aliphatic heterocycles. The van der Waals surface area contributed by atoms with E-state index in [4.69, 9.17) is 4.52 Å². The molecule has 2 heterocycles. The molecule has 1 aliphatic carbocycles. The van der Waals surface area contributed by atoms with Crippen LogP contribution in [-0.4, -0.2) is 16.3 Å². The molecule has 1 fully saturated rings. The molecule has 3 rings (SSSR count). The normalized spacial score (nSPS) is 23.9. The van der Waals surface area contributed by atoms with Gasteiger partial charge in [-0.2, -0.15) is 18.2 Å². The summed E-state index contributed by atoms with van der Waals surface area (Å²) in [4.78, 5) is 5.12. The largest absolute Gasteiger partial charge is 0.391 e. The SMILES string of the molecule is FC(F)(F)[C@H]1CCC[C@@H](c2nc(-c3cccs3)no2)C1. The van der Waals surface area contributed by atoms with Crippen molar-refractivity contribution in [1.82, 2.24) is 10.1 Å². The van der Waals surface area contributed by atoms with Crippen molar-refractivity contribution in [3.8, 4) is 10.7 Å². The molecule has 0 amide bonds. The molecule has 1 saturated carbocycles. The number of hydrogen-bond donors (Lipinski definition) is 0. The van der Waals surface area contributed by atoms with Crippen molar-refractivity contribution < 1.29 is 17.7 Å². The number of hydrogen-bond acceptors (Lipinski definition) is 4. The van der Waals surface area contributed by atoms with Crippen LogP contribution in [0.2, 0.25) is 0 Å². The summed E-state index contributed by atoms with van der Waals surface area (Å²) in [6.07, 6.45) is -2.65. The Morgan fingerprint density at radius 3 is 2.85 bits per heavy atom. The predicted molar refractivity (Wildman–Crippen MR) is 68.4 cm³/mol. The lowest BCUT2D eigenvalue weighted by molar-refractivity contribution is -0.183. The second-order valence-corrected chi connectivity index (χ2v) is 5.98. The van der Waals surface area contributed by atoms with Crippen LogP contribution < -0.4 is 0 Å². The van der Waals surface area contributed by atoms with Gasteiger partial charge in [-0.15, -0.1) is 11.3 Å². The van der Waals surface area contributed by atoms with Gasteiger partial charge < -0.3 is 4.52 Å². The van der Waals surface area contributed by atoms with E-state index in [-0.39, 0.29) is 18.8 Å². The standard InChI is InChI=1S/C13H13F3N2OS/c14-13(15,16)9-4-1-3-8(7-9)12-17-11(18-19-12)10-5-2-6-20-10/h2,5-6,8-9H,1,3-4,7H2/t8-,9+/m1/s1. The molecule has 1 aliphatic rings. The zero-order chi connectivity index (χ0) is 14.2. The van der Waals surface area contributed by atoms with Crippen LogP contribution >= 0.6 is 11.3 Å². The van der Waals surface area contributed by atoms with Crippen LogP contribution in [0.5, 0.6) is 0 Å². The number of thiophene rings is 1. The molecule has 2 aromatic rings. The van der Waals surface area contributed by atoms with Crippen LogP contribution in [-0.2, 0) is 0 Å². The van der Waals surface area contributed by atoms with E-state index in [1.165, 1.54) is 11.3 Å². The van der Waals surface area contributed by atoms with Crippen molar-refractivity contribution in [3.63, 3.8) is 0 Å². The summed E-state index contributed by atoms with van der Waals surface area (Å²) in [5, 5.41) is 5.76. The van der Waals surface area contributed by atoms with Crippen LogP contribution in [0.15, 0.2) is 22.0 Å². The summed E-state index contributed by atoms with van der Waals surface area (Å²) in [6, 6.07) is 3.73. The van der Waals surface area contributed by atoms with Gasteiger partial charge in [0.15, 0.2) is 0 Å². The molecular weight excluding hydrogens is 289 g/mol. The zero-order valence-corrected chi connectivity index (χ0v) is 11.4. The third kappa shape index (κ3) is 2.72. The Bertz CT molecular complexity index is 564. The molecule has 20 heavy (non-hydrogen) atoms. The molecule has 0 N–H and O–H groups in total. The van der Waals surface area contributed by atoms with Gasteiger partial charge in [0.05, 0.1) is 10.8 Å². The van der Waals surface area contributed by atoms with Gasteiger partial charge in [0.1, 0.15) is 0 Å². The second-order valence-electron chi connectivity index (χ2n) is 5.04. The highest BCUT2D eigenvalue weighted by molar-refractivity contribution is 7.13. The minimum absolute atomic E-state index is 0.0512. The summed E-state index contributed by atoms with van der Waals surface area (Å²) >= 11 is 1.48. The highest BCUT2D eigenvalue weighted by atomic mass is 32.1. The monoisotopic (exact) mass is 302 g/mol. The van der Waals surface area contributed by atoms with Crippen molar-refractivity contribution in [1.29, 1.82) is 0 Å². The van der Waals surface area contributed by atoms with Crippen molar-refractivity contribution in [2.24, 2.45) is 5.92 Å². The van der Waals surface area contributed by atoms with Crippen molar-refractivity contribution in [2.45, 2.75) is 37.8 Å². The third-order valence-electron chi connectivity index (χ3n) is 3.67. The first-order chi connectivity index (χ1) is 9.54. The predicted octanol–water partition coefficient (Wildman–Crippen LogP) is 4.63. The average Bonchev–Trinajstić information content (AvgIpc) is 3.09. The average molecular weight is 302 g/mol. The lowest BCUT2D eigenvalue weighted by Crippen LogP contribution is -2.28. The summed E-state index contributed by atoms with van der Waals surface area (Å²) in [7, 11) is 0. The zero-order valence-electron chi connectivity index (χ0n) is 10.6. The van der Waals surface area contributed by atoms with E-state index < -0.39 is 12.1 Å². The van der Waals surface area contributed by atoms with Gasteiger partial charge in [0.25, 0.3) is 0 Å². The Balaban J connectivity index is 1.76. The lowest BCUT2D eigenvalue weighted by Gasteiger charge is -2.28. The van der Waals surface area contributed by atoms with Gasteiger partial charge in [-0.05, 0) is 30.7 Å². The summed E-state index contributed by atoms with van der Waals surface area (Å²) in [6.45, 7) is 0. The van der Waals surface area contributed by atoms with Crippen LogP contribution in [0.1, 0.15) is 37.5 Å². The van der Waals surface area contributed by atoms with Crippen LogP contribution in [0.4, 0.5) is 13.2 Å². The van der Waals surface area contributed by atoms with Gasteiger partial charge in [0, 0.05) is 5.92 Å². The Labute approximate surface area is 117 Å². The van der Waals surface area contributed by atoms with Gasteiger partial charge in [-0.25, -0.2) is 0 Å². The Hall–Kier alpha value is -1.37. The van der Waals surface area contributed by atoms with E-state index in [1.807, 2.05) is 17.5 Å². The molecular formula is C13H13F3N2OS. The molecule has 108 valence electrons. The first-order valence-electron chi connectivity index (χ1n) is 6.48. The van der Waals surface area contributed by atoms with E-state index >= 15 is 0 Å². The molecule has 0 radical (unpaired) electrons. The molecule has 0 unspecified atom stereocenters. The molecule has 2 atom stereocenters. The first-order valence-corrected chi connectivity index (χ1v) is 7.36. The lowest BCUT2D eigenvalue weighted by atomic mass is 9.81. The number of halogens is 3. The van der Waals surface area contributed by atoms with Gasteiger partial charge in [-0.3, -0.25) is 0 Å². The molecule has 3 nitrogen and oxygen atoms in total. The quantitative estimate of drug-likeness (QED) is 0.811. The maximum Gasteiger partial charge on any atom is 0.391 e. The van der Waals surface area contributed by atoms with Crippen molar-refractivity contribution in [3.05, 3.63) is 23.4 Å². The minimum atomic E-state index is -4.13. The van der Waals surface area contributed by atoms with Crippen LogP contribution in [0.25, 0.3) is 10.7 Å². The number of alkyl halides is 3. The topological polar surface area (TPSA) is 38.9 Å². The molecule has 0 bridgehead atoms. The van der Waals surface area contributed by atoms with E-state index in [0.29, 0.717) is 24.6 Å². The molecule has 2 aromatic heterocycles. The second kappa shape index (κ2) is 5.20. The van der Waals surface area contributed by atoms with E-state index in [2.05, 4.69) is 10.1 Å². The van der Waals surface area contributed by atoms with Crippen molar-refractivity contribution >= 4 is 11.3 Å². The van der Waals surface area contributed by atoms with Crippen LogP contribution in [0.3, 0.4) is 0 Å². The highest BCUT2D eigenvalue weighted by Gasteiger charge is 2.43. The Morgan fingerprint density at radius 1 is 1.30 bits per heavy atom. The number of nitrogens with zero attached hydrogens (tertiary/aromatic N) is 2. The van der Waals surface area contributed by atoms with E-state index in [0.717, 1.165) is 4.88 Å².